The number of hydrazine groups is 1. The molecule has 0 radical (unpaired) electrons. The van der Waals surface area contributed by atoms with E-state index < -0.39 is 0 Å². The summed E-state index contributed by atoms with van der Waals surface area (Å²) in [5.41, 5.74) is 0. The van der Waals surface area contributed by atoms with E-state index in [1.807, 2.05) is 0 Å². The molecule has 1 aromatic rings. The average molecular weight is 195 g/mol. The van der Waals surface area contributed by atoms with Crippen molar-refractivity contribution in [2.24, 2.45) is 11.7 Å². The summed E-state index contributed by atoms with van der Waals surface area (Å²) >= 11 is 11.0. The van der Waals surface area contributed by atoms with E-state index in [-0.39, 0.29) is 15.8 Å². The number of rotatable bonds is 0. The van der Waals surface area contributed by atoms with Crippen LogP contribution in [0.2, 0.25) is 10.0 Å². The van der Waals surface area contributed by atoms with Crippen molar-refractivity contribution in [3.63, 3.8) is 0 Å². The topological polar surface area (TPSA) is 72.3 Å². The summed E-state index contributed by atoms with van der Waals surface area (Å²) in [7, 11) is 0. The molecular weight excluding hydrogens is 187 g/mol. The van der Waals surface area contributed by atoms with Crippen LogP contribution in [-0.4, -0.2) is 5.11 Å². The molecule has 0 aliphatic rings. The van der Waals surface area contributed by atoms with Crippen molar-refractivity contribution in [2.75, 3.05) is 0 Å². The Bertz CT molecular complexity index is 210. The summed E-state index contributed by atoms with van der Waals surface area (Å²) in [6, 6.07) is 4.82. The zero-order chi connectivity index (χ0) is 8.85. The quantitative estimate of drug-likeness (QED) is 0.434. The van der Waals surface area contributed by atoms with Gasteiger partial charge in [0.1, 0.15) is 0 Å². The predicted molar refractivity (Wildman–Crippen MR) is 46.5 cm³/mol. The van der Waals surface area contributed by atoms with Crippen molar-refractivity contribution in [2.45, 2.75) is 0 Å². The van der Waals surface area contributed by atoms with Gasteiger partial charge in [-0.05, 0) is 12.1 Å². The molecule has 0 saturated heterocycles. The van der Waals surface area contributed by atoms with E-state index in [4.69, 9.17) is 28.3 Å². The lowest BCUT2D eigenvalue weighted by Crippen LogP contribution is -2.02. The van der Waals surface area contributed by atoms with E-state index in [0.29, 0.717) is 0 Å². The fraction of sp³-hybridized carbons (Fsp3) is 0. The molecule has 1 aromatic carbocycles. The largest absolute Gasteiger partial charge is 0.505 e. The van der Waals surface area contributed by atoms with Crippen LogP contribution >= 0.6 is 23.2 Å². The molecule has 11 heavy (non-hydrogen) atoms. The maximum atomic E-state index is 8.94. The minimum absolute atomic E-state index is 0.0548. The Morgan fingerprint density at radius 2 is 1.45 bits per heavy atom. The van der Waals surface area contributed by atoms with Crippen LogP contribution < -0.4 is 11.7 Å². The number of hydrogen-bond acceptors (Lipinski definition) is 3. The zero-order valence-corrected chi connectivity index (χ0v) is 7.10. The summed E-state index contributed by atoms with van der Waals surface area (Å²) in [5, 5.41) is 9.50. The molecule has 0 amide bonds. The van der Waals surface area contributed by atoms with Crippen LogP contribution in [0.25, 0.3) is 0 Å². The second-order valence-electron chi connectivity index (χ2n) is 1.57. The van der Waals surface area contributed by atoms with Crippen LogP contribution in [0, 0.1) is 0 Å². The molecule has 0 bridgehead atoms. The van der Waals surface area contributed by atoms with Gasteiger partial charge in [-0.1, -0.05) is 29.3 Å². The summed E-state index contributed by atoms with van der Waals surface area (Å²) in [6.07, 6.45) is 0. The third-order valence-electron chi connectivity index (χ3n) is 0.938. The smallest absolute Gasteiger partial charge is 0.152 e. The van der Waals surface area contributed by atoms with Crippen molar-refractivity contribution in [3.8, 4) is 5.75 Å². The molecule has 0 heterocycles. The van der Waals surface area contributed by atoms with Crippen LogP contribution in [0.3, 0.4) is 0 Å². The Balaban J connectivity index is 0.000000461. The number of halogens is 2. The lowest BCUT2D eigenvalue weighted by molar-refractivity contribution is 0.476. The van der Waals surface area contributed by atoms with Crippen LogP contribution in [-0.2, 0) is 0 Å². The maximum Gasteiger partial charge on any atom is 0.152 e. The number of para-hydroxylation sites is 1. The standard InChI is InChI=1S/C6H4Cl2O.H4N2/c7-4-2-1-3-5(8)6(4)9;1-2/h1-3,9H;1-2H2. The molecule has 0 aromatic heterocycles. The fourth-order valence-corrected chi connectivity index (χ4v) is 0.886. The number of phenols is 1. The van der Waals surface area contributed by atoms with Gasteiger partial charge >= 0.3 is 0 Å². The van der Waals surface area contributed by atoms with Gasteiger partial charge in [0, 0.05) is 0 Å². The molecular formula is C6H8Cl2N2O. The van der Waals surface area contributed by atoms with Gasteiger partial charge in [-0.25, -0.2) is 0 Å². The molecule has 5 N–H and O–H groups in total. The molecule has 5 heteroatoms. The minimum Gasteiger partial charge on any atom is -0.505 e. The van der Waals surface area contributed by atoms with Gasteiger partial charge in [-0.3, -0.25) is 11.7 Å². The van der Waals surface area contributed by atoms with Gasteiger partial charge < -0.3 is 5.11 Å². The maximum absolute atomic E-state index is 8.94. The van der Waals surface area contributed by atoms with Gasteiger partial charge in [0.2, 0.25) is 0 Å². The van der Waals surface area contributed by atoms with Crippen molar-refractivity contribution >= 4 is 23.2 Å². The van der Waals surface area contributed by atoms with Crippen LogP contribution in [0.15, 0.2) is 18.2 Å². The Morgan fingerprint density at radius 1 is 1.09 bits per heavy atom. The molecule has 3 nitrogen and oxygen atoms in total. The Labute approximate surface area is 74.5 Å². The highest BCUT2D eigenvalue weighted by Gasteiger charge is 1.99. The highest BCUT2D eigenvalue weighted by atomic mass is 35.5. The second-order valence-corrected chi connectivity index (χ2v) is 2.38. The molecule has 0 aliphatic heterocycles. The van der Waals surface area contributed by atoms with Gasteiger partial charge in [-0.2, -0.15) is 0 Å². The summed E-state index contributed by atoms with van der Waals surface area (Å²) in [4.78, 5) is 0. The number of benzene rings is 1. The first kappa shape index (κ1) is 10.5. The van der Waals surface area contributed by atoms with Crippen molar-refractivity contribution in [1.29, 1.82) is 0 Å². The van der Waals surface area contributed by atoms with E-state index in [2.05, 4.69) is 11.7 Å². The summed E-state index contributed by atoms with van der Waals surface area (Å²) in [6.45, 7) is 0. The number of nitrogens with two attached hydrogens (primary N) is 2. The van der Waals surface area contributed by atoms with E-state index in [1.165, 1.54) is 0 Å². The monoisotopic (exact) mass is 194 g/mol. The normalized spacial score (nSPS) is 8.36. The van der Waals surface area contributed by atoms with Crippen LogP contribution in [0.1, 0.15) is 0 Å². The molecule has 0 spiro atoms. The first-order valence-corrected chi connectivity index (χ1v) is 3.43. The first-order chi connectivity index (χ1) is 5.22. The summed E-state index contributed by atoms with van der Waals surface area (Å²) < 4.78 is 0. The van der Waals surface area contributed by atoms with Gasteiger partial charge in [0.05, 0.1) is 10.0 Å². The van der Waals surface area contributed by atoms with Crippen molar-refractivity contribution < 1.29 is 5.11 Å². The van der Waals surface area contributed by atoms with Gasteiger partial charge in [0.15, 0.2) is 5.75 Å². The first-order valence-electron chi connectivity index (χ1n) is 2.68. The molecule has 1 rings (SSSR count). The Morgan fingerprint density at radius 3 is 1.73 bits per heavy atom. The van der Waals surface area contributed by atoms with Gasteiger partial charge in [0.25, 0.3) is 0 Å². The van der Waals surface area contributed by atoms with Crippen molar-refractivity contribution in [1.82, 2.24) is 0 Å². The third-order valence-corrected chi connectivity index (χ3v) is 1.55. The lowest BCUT2D eigenvalue weighted by atomic mass is 10.3. The fourth-order valence-electron chi connectivity index (χ4n) is 0.489. The Kier molecular flexibility index (Phi) is 4.98. The minimum atomic E-state index is -0.0548. The third kappa shape index (κ3) is 2.95. The highest BCUT2D eigenvalue weighted by molar-refractivity contribution is 6.37. The number of hydrogen-bond donors (Lipinski definition) is 3. The molecule has 0 unspecified atom stereocenters. The zero-order valence-electron chi connectivity index (χ0n) is 5.59. The van der Waals surface area contributed by atoms with E-state index in [1.54, 1.807) is 18.2 Å². The van der Waals surface area contributed by atoms with E-state index in [9.17, 15) is 0 Å². The average Bonchev–Trinajstić information content (AvgIpc) is 2.04. The van der Waals surface area contributed by atoms with E-state index >= 15 is 0 Å². The molecule has 0 atom stereocenters. The van der Waals surface area contributed by atoms with Crippen LogP contribution in [0.4, 0.5) is 0 Å². The van der Waals surface area contributed by atoms with E-state index in [0.717, 1.165) is 0 Å². The molecule has 62 valence electrons. The van der Waals surface area contributed by atoms with Crippen molar-refractivity contribution in [3.05, 3.63) is 28.2 Å². The SMILES string of the molecule is NN.Oc1c(Cl)cccc1Cl. The number of phenolic OH excluding ortho intramolecular Hbond substituents is 1. The van der Waals surface area contributed by atoms with Crippen LogP contribution in [0.5, 0.6) is 5.75 Å². The number of aromatic hydroxyl groups is 1. The second kappa shape index (κ2) is 5.21. The summed E-state index contributed by atoms with van der Waals surface area (Å²) in [5.74, 6) is 7.95. The molecule has 0 aliphatic carbocycles. The molecule has 0 fully saturated rings. The highest BCUT2D eigenvalue weighted by Crippen LogP contribution is 2.30. The molecule has 0 saturated carbocycles. The Hall–Kier alpha value is -0.480. The lowest BCUT2D eigenvalue weighted by Gasteiger charge is -1.95. The van der Waals surface area contributed by atoms with Gasteiger partial charge in [-0.15, -0.1) is 0 Å². The predicted octanol–water partition coefficient (Wildman–Crippen LogP) is 1.52.